The maximum absolute atomic E-state index is 10.6. The van der Waals surface area contributed by atoms with Crippen LogP contribution in [-0.4, -0.2) is 25.2 Å². The van der Waals surface area contributed by atoms with E-state index in [2.05, 4.69) is 5.32 Å². The van der Waals surface area contributed by atoms with Crippen LogP contribution in [0.1, 0.15) is 39.0 Å². The molecule has 0 radical (unpaired) electrons. The second-order valence-electron chi connectivity index (χ2n) is 3.66. The summed E-state index contributed by atoms with van der Waals surface area (Å²) in [6, 6.07) is 0.379. The van der Waals surface area contributed by atoms with E-state index in [1.807, 2.05) is 0 Å². The van der Waals surface area contributed by atoms with Crippen molar-refractivity contribution in [2.45, 2.75) is 45.1 Å². The number of esters is 1. The maximum Gasteiger partial charge on any atom is 0.302 e. The van der Waals surface area contributed by atoms with Crippen LogP contribution in [-0.2, 0) is 9.53 Å². The third-order valence-electron chi connectivity index (χ3n) is 2.40. The highest BCUT2D eigenvalue weighted by molar-refractivity contribution is 5.65. The molecule has 0 aromatic heterocycles. The van der Waals surface area contributed by atoms with Crippen LogP contribution < -0.4 is 5.32 Å². The van der Waals surface area contributed by atoms with Gasteiger partial charge in [0, 0.05) is 13.0 Å². The van der Waals surface area contributed by atoms with Crippen LogP contribution in [0, 0.1) is 0 Å². The van der Waals surface area contributed by atoms with Gasteiger partial charge in [0.15, 0.2) is 0 Å². The number of hydrogen-bond acceptors (Lipinski definition) is 3. The van der Waals surface area contributed by atoms with E-state index in [1.165, 1.54) is 32.6 Å². The molecule has 1 aliphatic heterocycles. The van der Waals surface area contributed by atoms with Gasteiger partial charge in [-0.3, -0.25) is 4.79 Å². The number of carbonyl (C=O) groups is 1. The average Bonchev–Trinajstić information content (AvgIpc) is 2.01. The third-order valence-corrected chi connectivity index (χ3v) is 2.40. The first-order valence-corrected chi connectivity index (χ1v) is 5.16. The summed E-state index contributed by atoms with van der Waals surface area (Å²) in [5, 5.41) is 3.40. The molecule has 1 fully saturated rings. The van der Waals surface area contributed by atoms with E-state index in [0.717, 1.165) is 13.0 Å². The van der Waals surface area contributed by atoms with Gasteiger partial charge in [-0.25, -0.2) is 0 Å². The van der Waals surface area contributed by atoms with E-state index >= 15 is 0 Å². The van der Waals surface area contributed by atoms with Crippen molar-refractivity contribution in [3.8, 4) is 0 Å². The highest BCUT2D eigenvalue weighted by Gasteiger charge is 2.11. The Morgan fingerprint density at radius 1 is 1.38 bits per heavy atom. The van der Waals surface area contributed by atoms with Crippen molar-refractivity contribution in [2.24, 2.45) is 0 Å². The Morgan fingerprint density at radius 3 is 2.92 bits per heavy atom. The lowest BCUT2D eigenvalue weighted by Gasteiger charge is -2.20. The number of rotatable bonds is 2. The molecule has 1 heterocycles. The van der Waals surface area contributed by atoms with Crippen molar-refractivity contribution in [3.63, 3.8) is 0 Å². The largest absolute Gasteiger partial charge is 0.464 e. The Labute approximate surface area is 79.8 Å². The molecule has 13 heavy (non-hydrogen) atoms. The molecule has 0 saturated carbocycles. The molecule has 1 N–H and O–H groups in total. The Bertz CT molecular complexity index is 151. The van der Waals surface area contributed by atoms with Crippen LogP contribution >= 0.6 is 0 Å². The number of hydrogen-bond donors (Lipinski definition) is 1. The lowest BCUT2D eigenvalue weighted by molar-refractivity contribution is -0.141. The third kappa shape index (κ3) is 4.88. The average molecular weight is 185 g/mol. The monoisotopic (exact) mass is 185 g/mol. The summed E-state index contributed by atoms with van der Waals surface area (Å²) in [7, 11) is 0. The van der Waals surface area contributed by atoms with E-state index in [-0.39, 0.29) is 5.97 Å². The molecule has 1 rings (SSSR count). The zero-order valence-electron chi connectivity index (χ0n) is 8.34. The summed E-state index contributed by atoms with van der Waals surface area (Å²) >= 11 is 0. The zero-order valence-corrected chi connectivity index (χ0v) is 8.34. The van der Waals surface area contributed by atoms with Crippen LogP contribution in [0.25, 0.3) is 0 Å². The van der Waals surface area contributed by atoms with Gasteiger partial charge in [-0.15, -0.1) is 0 Å². The number of ether oxygens (including phenoxy) is 1. The first-order chi connectivity index (χ1) is 6.29. The Balaban J connectivity index is 2.17. The molecule has 0 aliphatic carbocycles. The van der Waals surface area contributed by atoms with Gasteiger partial charge >= 0.3 is 5.97 Å². The van der Waals surface area contributed by atoms with E-state index in [0.29, 0.717) is 12.6 Å². The standard InChI is InChI=1S/C10H19NO2/c1-9(12)13-8-10-6-4-2-3-5-7-11-10/h10-11H,2-8H2,1H3. The molecule has 3 nitrogen and oxygen atoms in total. The first-order valence-electron chi connectivity index (χ1n) is 5.16. The van der Waals surface area contributed by atoms with Crippen LogP contribution in [0.2, 0.25) is 0 Å². The smallest absolute Gasteiger partial charge is 0.302 e. The SMILES string of the molecule is CC(=O)OCC1CCCCCCN1. The van der Waals surface area contributed by atoms with Crippen molar-refractivity contribution < 1.29 is 9.53 Å². The molecule has 1 unspecified atom stereocenters. The fraction of sp³-hybridized carbons (Fsp3) is 0.900. The molecular formula is C10H19NO2. The minimum absolute atomic E-state index is 0.177. The van der Waals surface area contributed by atoms with Gasteiger partial charge in [-0.1, -0.05) is 19.3 Å². The lowest BCUT2D eigenvalue weighted by Crippen LogP contribution is -2.35. The molecule has 0 aromatic rings. The predicted octanol–water partition coefficient (Wildman–Crippen LogP) is 1.47. The topological polar surface area (TPSA) is 38.3 Å². The first kappa shape index (κ1) is 10.5. The fourth-order valence-electron chi connectivity index (χ4n) is 1.64. The summed E-state index contributed by atoms with van der Waals surface area (Å²) in [5.41, 5.74) is 0. The second kappa shape index (κ2) is 5.97. The Kier molecular flexibility index (Phi) is 4.83. The molecule has 76 valence electrons. The fourth-order valence-corrected chi connectivity index (χ4v) is 1.64. The van der Waals surface area contributed by atoms with Crippen molar-refractivity contribution in [3.05, 3.63) is 0 Å². The van der Waals surface area contributed by atoms with Gasteiger partial charge in [-0.2, -0.15) is 0 Å². The van der Waals surface area contributed by atoms with Gasteiger partial charge in [0.05, 0.1) is 0 Å². The molecular weight excluding hydrogens is 166 g/mol. The van der Waals surface area contributed by atoms with Crippen molar-refractivity contribution >= 4 is 5.97 Å². The number of carbonyl (C=O) groups excluding carboxylic acids is 1. The number of nitrogens with one attached hydrogen (secondary N) is 1. The maximum atomic E-state index is 10.6. The van der Waals surface area contributed by atoms with Gasteiger partial charge < -0.3 is 10.1 Å². The van der Waals surface area contributed by atoms with Crippen molar-refractivity contribution in [2.75, 3.05) is 13.2 Å². The van der Waals surface area contributed by atoms with Crippen LogP contribution in [0.3, 0.4) is 0 Å². The molecule has 3 heteroatoms. The van der Waals surface area contributed by atoms with E-state index < -0.39 is 0 Å². The van der Waals surface area contributed by atoms with Gasteiger partial charge in [0.25, 0.3) is 0 Å². The van der Waals surface area contributed by atoms with Crippen LogP contribution in [0.4, 0.5) is 0 Å². The highest BCUT2D eigenvalue weighted by Crippen LogP contribution is 2.09. The van der Waals surface area contributed by atoms with Crippen LogP contribution in [0.15, 0.2) is 0 Å². The highest BCUT2D eigenvalue weighted by atomic mass is 16.5. The van der Waals surface area contributed by atoms with E-state index in [9.17, 15) is 4.79 Å². The Hall–Kier alpha value is -0.570. The second-order valence-corrected chi connectivity index (χ2v) is 3.66. The summed E-state index contributed by atoms with van der Waals surface area (Å²) in [5.74, 6) is -0.177. The zero-order chi connectivity index (χ0) is 9.52. The predicted molar refractivity (Wildman–Crippen MR) is 51.5 cm³/mol. The molecule has 0 bridgehead atoms. The minimum atomic E-state index is -0.177. The summed E-state index contributed by atoms with van der Waals surface area (Å²) < 4.78 is 4.98. The normalized spacial score (nSPS) is 24.5. The summed E-state index contributed by atoms with van der Waals surface area (Å²) in [6.45, 7) is 3.06. The van der Waals surface area contributed by atoms with Crippen molar-refractivity contribution in [1.29, 1.82) is 0 Å². The lowest BCUT2D eigenvalue weighted by atomic mass is 10.0. The molecule has 1 saturated heterocycles. The molecule has 0 amide bonds. The van der Waals surface area contributed by atoms with Crippen LogP contribution in [0.5, 0.6) is 0 Å². The molecule has 0 aromatic carbocycles. The minimum Gasteiger partial charge on any atom is -0.464 e. The van der Waals surface area contributed by atoms with E-state index in [4.69, 9.17) is 4.74 Å². The van der Waals surface area contributed by atoms with Gasteiger partial charge in [0.2, 0.25) is 0 Å². The van der Waals surface area contributed by atoms with E-state index in [1.54, 1.807) is 0 Å². The molecule has 0 spiro atoms. The Morgan fingerprint density at radius 2 is 2.15 bits per heavy atom. The van der Waals surface area contributed by atoms with Gasteiger partial charge in [0.1, 0.15) is 6.61 Å². The molecule has 1 atom stereocenters. The summed E-state index contributed by atoms with van der Waals surface area (Å²) in [4.78, 5) is 10.6. The molecule has 1 aliphatic rings. The summed E-state index contributed by atoms with van der Waals surface area (Å²) in [6.07, 6.45) is 6.27. The van der Waals surface area contributed by atoms with Crippen molar-refractivity contribution in [1.82, 2.24) is 5.32 Å². The quantitative estimate of drug-likeness (QED) is 0.662. The van der Waals surface area contributed by atoms with Gasteiger partial charge in [-0.05, 0) is 19.4 Å².